The smallest absolute Gasteiger partial charge is 0.163 e. The number of nitrogens with one attached hydrogen (secondary N) is 4. The predicted octanol–water partition coefficient (Wildman–Crippen LogP) is 6.04. The second-order valence-corrected chi connectivity index (χ2v) is 10.9. The van der Waals surface area contributed by atoms with E-state index in [0.717, 1.165) is 40.4 Å². The Morgan fingerprint density at radius 2 is 1.87 bits per heavy atom. The highest BCUT2D eigenvalue weighted by atomic mass is 16.5. The largest absolute Gasteiger partial charge is 0.490 e. The van der Waals surface area contributed by atoms with Gasteiger partial charge in [0.1, 0.15) is 5.75 Å². The normalized spacial score (nSPS) is 22.6. The van der Waals surface area contributed by atoms with E-state index in [9.17, 15) is 4.79 Å². The van der Waals surface area contributed by atoms with E-state index < -0.39 is 0 Å². The summed E-state index contributed by atoms with van der Waals surface area (Å²) in [5, 5.41) is 13.3. The molecule has 2 fully saturated rings. The lowest BCUT2D eigenvalue weighted by atomic mass is 9.86. The van der Waals surface area contributed by atoms with Crippen LogP contribution in [0.1, 0.15) is 52.4 Å². The fraction of sp³-hybridized carbons (Fsp3) is 0.419. The van der Waals surface area contributed by atoms with Crippen LogP contribution >= 0.6 is 0 Å². The van der Waals surface area contributed by atoms with Crippen molar-refractivity contribution >= 4 is 17.7 Å². The lowest BCUT2D eigenvalue weighted by Crippen LogP contribution is -2.33. The minimum atomic E-state index is -0.107. The molecule has 0 amide bonds. The van der Waals surface area contributed by atoms with Crippen molar-refractivity contribution in [1.82, 2.24) is 16.0 Å². The van der Waals surface area contributed by atoms with Crippen LogP contribution < -0.4 is 21.0 Å². The van der Waals surface area contributed by atoms with Gasteiger partial charge in [-0.1, -0.05) is 43.5 Å². The molecule has 38 heavy (non-hydrogen) atoms. The summed E-state index contributed by atoms with van der Waals surface area (Å²) in [4.78, 5) is 12.4. The van der Waals surface area contributed by atoms with Crippen molar-refractivity contribution in [1.29, 1.82) is 5.41 Å². The van der Waals surface area contributed by atoms with Crippen LogP contribution in [0, 0.1) is 23.2 Å². The maximum atomic E-state index is 12.4. The zero-order chi connectivity index (χ0) is 26.6. The Morgan fingerprint density at radius 3 is 2.55 bits per heavy atom. The quantitative estimate of drug-likeness (QED) is 0.229. The lowest BCUT2D eigenvalue weighted by Gasteiger charge is -2.28. The molecule has 0 bridgehead atoms. The summed E-state index contributed by atoms with van der Waals surface area (Å²) >= 11 is 0. The van der Waals surface area contributed by atoms with Crippen LogP contribution in [0.4, 0.5) is 5.69 Å². The van der Waals surface area contributed by atoms with Crippen LogP contribution in [-0.2, 0) is 4.79 Å². The van der Waals surface area contributed by atoms with Crippen LogP contribution in [0.15, 0.2) is 71.7 Å². The third-order valence-electron chi connectivity index (χ3n) is 8.03. The Kier molecular flexibility index (Phi) is 7.84. The van der Waals surface area contributed by atoms with Gasteiger partial charge in [0.25, 0.3) is 0 Å². The van der Waals surface area contributed by atoms with Crippen LogP contribution in [0.2, 0.25) is 0 Å². The van der Waals surface area contributed by atoms with Gasteiger partial charge in [0.15, 0.2) is 5.78 Å². The lowest BCUT2D eigenvalue weighted by molar-refractivity contribution is -0.113. The van der Waals surface area contributed by atoms with E-state index in [-0.39, 0.29) is 23.7 Å². The first kappa shape index (κ1) is 26.0. The number of nitrogens with zero attached hydrogens (tertiary/aromatic N) is 1. The number of allylic oxidation sites excluding steroid dienone is 3. The SMILES string of the molecule is CC(=O)/C(C=N)=C(/Nc1cccc(-c2cccc(O[C@H](C)C3CCCCC3)c2)c1)[C@@H]1C[C@H]1C1=CN(C)NN1. The van der Waals surface area contributed by atoms with Gasteiger partial charge in [-0.3, -0.25) is 9.80 Å². The highest BCUT2D eigenvalue weighted by Gasteiger charge is 2.45. The second kappa shape index (κ2) is 11.4. The molecular weight excluding hydrogens is 474 g/mol. The van der Waals surface area contributed by atoms with Crippen LogP contribution in [-0.4, -0.2) is 30.2 Å². The molecule has 2 saturated carbocycles. The number of carbonyl (C=O) groups is 1. The molecule has 7 heteroatoms. The molecule has 200 valence electrons. The molecule has 0 radical (unpaired) electrons. The molecule has 0 unspecified atom stereocenters. The molecule has 2 aliphatic carbocycles. The fourth-order valence-corrected chi connectivity index (χ4v) is 5.80. The number of ketones is 1. The average molecular weight is 514 g/mol. The topological polar surface area (TPSA) is 89.5 Å². The molecular formula is C31H39N5O2. The zero-order valence-corrected chi connectivity index (χ0v) is 22.6. The van der Waals surface area contributed by atoms with Crippen molar-refractivity contribution in [3.63, 3.8) is 0 Å². The number of hydrazine groups is 2. The van der Waals surface area contributed by atoms with E-state index in [1.54, 1.807) is 0 Å². The van der Waals surface area contributed by atoms with Gasteiger partial charge < -0.3 is 20.9 Å². The number of Topliss-reactive ketones (excluding diaryl/α,β-unsaturated/α-hetero) is 1. The van der Waals surface area contributed by atoms with Gasteiger partial charge in [0.05, 0.1) is 11.7 Å². The molecule has 7 nitrogen and oxygen atoms in total. The zero-order valence-electron chi connectivity index (χ0n) is 22.6. The molecule has 3 aliphatic rings. The highest BCUT2D eigenvalue weighted by molar-refractivity contribution is 6.12. The van der Waals surface area contributed by atoms with E-state index >= 15 is 0 Å². The van der Waals surface area contributed by atoms with Gasteiger partial charge in [0, 0.05) is 48.4 Å². The van der Waals surface area contributed by atoms with Crippen LogP contribution in [0.3, 0.4) is 0 Å². The molecule has 0 aromatic heterocycles. The number of hydrogen-bond donors (Lipinski definition) is 4. The summed E-state index contributed by atoms with van der Waals surface area (Å²) in [5.74, 6) is 1.84. The predicted molar refractivity (Wildman–Crippen MR) is 152 cm³/mol. The van der Waals surface area contributed by atoms with Gasteiger partial charge in [-0.2, -0.15) is 0 Å². The monoisotopic (exact) mass is 513 g/mol. The standard InChI is InChI=1S/C31H39N5O2/c1-20(37)29(18-32)31(28-17-27(28)30-19-36(3)35-34-30)33-25-13-7-11-23(15-25)24-12-8-14-26(16-24)38-21(2)22-9-5-4-6-10-22/h7-8,11-16,18-19,21-22,27-28,32-35H,4-6,9-10,17H2,1-3H3/b31-29+,32-18?/t21-,27-,28-/m1/s1. The third-order valence-corrected chi connectivity index (χ3v) is 8.03. The minimum Gasteiger partial charge on any atom is -0.490 e. The molecule has 2 aromatic rings. The maximum absolute atomic E-state index is 12.4. The van der Waals surface area contributed by atoms with E-state index in [1.165, 1.54) is 45.2 Å². The summed E-state index contributed by atoms with van der Waals surface area (Å²) in [7, 11) is 1.94. The third kappa shape index (κ3) is 5.94. The summed E-state index contributed by atoms with van der Waals surface area (Å²) in [6.45, 7) is 3.73. The van der Waals surface area contributed by atoms with Crippen molar-refractivity contribution in [2.75, 3.05) is 12.4 Å². The first-order valence-electron chi connectivity index (χ1n) is 13.8. The molecule has 4 N–H and O–H groups in total. The van der Waals surface area contributed by atoms with E-state index in [4.69, 9.17) is 10.1 Å². The Balaban J connectivity index is 1.35. The maximum Gasteiger partial charge on any atom is 0.163 e. The fourth-order valence-electron chi connectivity index (χ4n) is 5.80. The molecule has 1 aliphatic heterocycles. The van der Waals surface area contributed by atoms with E-state index in [2.05, 4.69) is 53.5 Å². The Morgan fingerprint density at radius 1 is 1.13 bits per heavy atom. The Hall–Kier alpha value is -3.58. The van der Waals surface area contributed by atoms with Crippen molar-refractivity contribution in [2.24, 2.45) is 17.8 Å². The number of benzene rings is 2. The van der Waals surface area contributed by atoms with Crippen LogP contribution in [0.25, 0.3) is 11.1 Å². The molecule has 2 aromatic carbocycles. The second-order valence-electron chi connectivity index (χ2n) is 10.9. The highest BCUT2D eigenvalue weighted by Crippen LogP contribution is 2.49. The molecule has 1 heterocycles. The summed E-state index contributed by atoms with van der Waals surface area (Å²) in [6.07, 6.45) is 10.8. The average Bonchev–Trinajstić information content (AvgIpc) is 3.61. The molecule has 3 atom stereocenters. The van der Waals surface area contributed by atoms with Crippen molar-refractivity contribution in [2.45, 2.75) is 58.5 Å². The van der Waals surface area contributed by atoms with Crippen molar-refractivity contribution in [3.05, 3.63) is 71.7 Å². The van der Waals surface area contributed by atoms with Gasteiger partial charge in [-0.15, -0.1) is 5.53 Å². The summed E-state index contributed by atoms with van der Waals surface area (Å²) in [6, 6.07) is 16.5. The Bertz CT molecular complexity index is 1250. The summed E-state index contributed by atoms with van der Waals surface area (Å²) < 4.78 is 6.39. The van der Waals surface area contributed by atoms with E-state index in [0.29, 0.717) is 11.5 Å². The first-order valence-corrected chi connectivity index (χ1v) is 13.8. The summed E-state index contributed by atoms with van der Waals surface area (Å²) in [5.41, 5.74) is 11.7. The number of rotatable bonds is 10. The first-order chi connectivity index (χ1) is 18.4. The van der Waals surface area contributed by atoms with Crippen molar-refractivity contribution < 1.29 is 9.53 Å². The molecule has 0 spiro atoms. The van der Waals surface area contributed by atoms with Crippen LogP contribution in [0.5, 0.6) is 5.75 Å². The van der Waals surface area contributed by atoms with Gasteiger partial charge in [-0.05, 0) is 74.4 Å². The number of anilines is 1. The molecule has 5 rings (SSSR count). The Labute approximate surface area is 225 Å². The number of carbonyl (C=O) groups excluding carboxylic acids is 1. The van der Waals surface area contributed by atoms with Gasteiger partial charge in [0.2, 0.25) is 0 Å². The van der Waals surface area contributed by atoms with Gasteiger partial charge in [-0.25, -0.2) is 0 Å². The minimum absolute atomic E-state index is 0.107. The number of ether oxygens (including phenoxy) is 1. The van der Waals surface area contributed by atoms with Gasteiger partial charge >= 0.3 is 0 Å². The number of hydrogen-bond acceptors (Lipinski definition) is 7. The molecule has 0 saturated heterocycles. The van der Waals surface area contributed by atoms with E-state index in [1.807, 2.05) is 36.5 Å². The van der Waals surface area contributed by atoms with Crippen molar-refractivity contribution in [3.8, 4) is 16.9 Å².